The molecule has 0 aromatic heterocycles. The predicted molar refractivity (Wildman–Crippen MR) is 42.5 cm³/mol. The van der Waals surface area contributed by atoms with Crippen LogP contribution in [-0.2, 0) is 6.42 Å². The molecule has 0 aliphatic heterocycles. The third-order valence-corrected chi connectivity index (χ3v) is 1.46. The predicted octanol–water partition coefficient (Wildman–Crippen LogP) is 1.76. The second-order valence-corrected chi connectivity index (χ2v) is 2.26. The lowest BCUT2D eigenvalue weighted by molar-refractivity contribution is 0.0697. The van der Waals surface area contributed by atoms with Gasteiger partial charge in [0.05, 0.1) is 5.56 Å². The van der Waals surface area contributed by atoms with Crippen molar-refractivity contribution in [2.45, 2.75) is 6.42 Å². The molecule has 57 valence electrons. The Morgan fingerprint density at radius 2 is 2.27 bits per heavy atom. The summed E-state index contributed by atoms with van der Waals surface area (Å²) in [5.74, 6) is -0.889. The van der Waals surface area contributed by atoms with Gasteiger partial charge in [0.25, 0.3) is 0 Å². The topological polar surface area (TPSA) is 37.3 Å². The first kappa shape index (κ1) is 7.79. The fourth-order valence-corrected chi connectivity index (χ4v) is 0.860. The number of rotatable bonds is 2. The second kappa shape index (κ2) is 3.19. The Bertz CT molecular complexity index is 266. The van der Waals surface area contributed by atoms with Crippen LogP contribution in [0.2, 0.25) is 0 Å². The van der Waals surface area contributed by atoms with Crippen molar-refractivity contribution < 1.29 is 9.90 Å². The van der Waals surface area contributed by atoms with Crippen molar-refractivity contribution in [1.82, 2.24) is 0 Å². The molecule has 1 aromatic rings. The highest BCUT2D eigenvalue weighted by atomic mass is 16.4. The number of hydrogen-bond donors (Lipinski definition) is 1. The van der Waals surface area contributed by atoms with Crippen LogP contribution in [0.4, 0.5) is 0 Å². The van der Waals surface area contributed by atoms with Gasteiger partial charge in [-0.2, -0.15) is 0 Å². The maximum atomic E-state index is 10.4. The third-order valence-electron chi connectivity index (χ3n) is 1.46. The van der Waals surface area contributed by atoms with Gasteiger partial charge in [0.1, 0.15) is 0 Å². The van der Waals surface area contributed by atoms with E-state index in [1.165, 1.54) is 0 Å². The highest BCUT2D eigenvalue weighted by molar-refractivity contribution is 5.87. The average Bonchev–Trinajstić information content (AvgIpc) is 2.05. The molecule has 1 radical (unpaired) electrons. The van der Waals surface area contributed by atoms with Crippen LogP contribution < -0.4 is 0 Å². The summed E-state index contributed by atoms with van der Waals surface area (Å²) >= 11 is 0. The van der Waals surface area contributed by atoms with Gasteiger partial charge in [-0.25, -0.2) is 4.79 Å². The molecule has 0 aliphatic carbocycles. The first-order chi connectivity index (χ1) is 5.24. The summed E-state index contributed by atoms with van der Waals surface area (Å²) in [6, 6.07) is 6.79. The molecule has 1 N–H and O–H groups in total. The lowest BCUT2D eigenvalue weighted by Crippen LogP contribution is -1.96. The number of aromatic carboxylic acids is 1. The maximum absolute atomic E-state index is 10.4. The molecule has 0 heterocycles. The standard InChI is InChI=1S/C9H9O2/c1-2-7-4-3-5-8(6-7)9(10)11/h3-6H,1-2H2,(H,10,11). The van der Waals surface area contributed by atoms with Gasteiger partial charge >= 0.3 is 5.97 Å². The van der Waals surface area contributed by atoms with Crippen molar-refractivity contribution in [1.29, 1.82) is 0 Å². The Morgan fingerprint density at radius 1 is 1.55 bits per heavy atom. The second-order valence-electron chi connectivity index (χ2n) is 2.26. The minimum Gasteiger partial charge on any atom is -0.478 e. The fourth-order valence-electron chi connectivity index (χ4n) is 0.860. The van der Waals surface area contributed by atoms with Crippen LogP contribution in [0.3, 0.4) is 0 Å². The normalized spacial score (nSPS) is 9.55. The molecule has 0 saturated heterocycles. The number of carbonyl (C=O) groups is 1. The highest BCUT2D eigenvalue weighted by Crippen LogP contribution is 2.04. The zero-order valence-electron chi connectivity index (χ0n) is 6.08. The third kappa shape index (κ3) is 1.80. The Labute approximate surface area is 65.5 Å². The molecule has 0 unspecified atom stereocenters. The number of hydrogen-bond acceptors (Lipinski definition) is 1. The summed E-state index contributed by atoms with van der Waals surface area (Å²) in [6.07, 6.45) is 0.626. The van der Waals surface area contributed by atoms with Crippen LogP contribution in [0.25, 0.3) is 0 Å². The Hall–Kier alpha value is -1.31. The van der Waals surface area contributed by atoms with E-state index in [2.05, 4.69) is 6.92 Å². The largest absolute Gasteiger partial charge is 0.478 e. The Balaban J connectivity index is 3.01. The minimum atomic E-state index is -0.889. The molecule has 11 heavy (non-hydrogen) atoms. The van der Waals surface area contributed by atoms with Crippen molar-refractivity contribution in [3.63, 3.8) is 0 Å². The van der Waals surface area contributed by atoms with E-state index in [4.69, 9.17) is 5.11 Å². The summed E-state index contributed by atoms with van der Waals surface area (Å²) < 4.78 is 0. The van der Waals surface area contributed by atoms with E-state index in [0.29, 0.717) is 12.0 Å². The van der Waals surface area contributed by atoms with Crippen molar-refractivity contribution in [3.05, 3.63) is 42.3 Å². The van der Waals surface area contributed by atoms with Gasteiger partial charge in [-0.15, -0.1) is 0 Å². The summed E-state index contributed by atoms with van der Waals surface area (Å²) in [5, 5.41) is 8.58. The molecule has 0 atom stereocenters. The molecule has 2 heteroatoms. The van der Waals surface area contributed by atoms with Gasteiger partial charge < -0.3 is 5.11 Å². The zero-order valence-corrected chi connectivity index (χ0v) is 6.08. The molecule has 0 saturated carbocycles. The van der Waals surface area contributed by atoms with Crippen LogP contribution >= 0.6 is 0 Å². The molecule has 0 bridgehead atoms. The highest BCUT2D eigenvalue weighted by Gasteiger charge is 2.00. The van der Waals surface area contributed by atoms with Gasteiger partial charge in [-0.05, 0) is 31.0 Å². The lowest BCUT2D eigenvalue weighted by Gasteiger charge is -1.96. The molecule has 1 aromatic carbocycles. The van der Waals surface area contributed by atoms with Crippen LogP contribution in [0, 0.1) is 6.92 Å². The molecule has 1 rings (SSSR count). The first-order valence-corrected chi connectivity index (χ1v) is 3.35. The van der Waals surface area contributed by atoms with Crippen molar-refractivity contribution >= 4 is 5.97 Å². The summed E-state index contributed by atoms with van der Waals surface area (Å²) in [7, 11) is 0. The van der Waals surface area contributed by atoms with Gasteiger partial charge in [0.2, 0.25) is 0 Å². The Morgan fingerprint density at radius 3 is 2.82 bits per heavy atom. The number of benzene rings is 1. The molecular weight excluding hydrogens is 140 g/mol. The van der Waals surface area contributed by atoms with Crippen molar-refractivity contribution in [3.8, 4) is 0 Å². The molecule has 0 spiro atoms. The smallest absolute Gasteiger partial charge is 0.335 e. The summed E-state index contributed by atoms with van der Waals surface area (Å²) in [6.45, 7) is 3.66. The quantitative estimate of drug-likeness (QED) is 0.695. The van der Waals surface area contributed by atoms with Crippen LogP contribution in [-0.4, -0.2) is 11.1 Å². The number of carboxylic acid groups (broad SMARTS) is 1. The first-order valence-electron chi connectivity index (χ1n) is 3.35. The SMILES string of the molecule is [CH2]Cc1cccc(C(=O)O)c1. The monoisotopic (exact) mass is 149 g/mol. The van der Waals surface area contributed by atoms with E-state index in [-0.39, 0.29) is 0 Å². The number of carboxylic acids is 1. The van der Waals surface area contributed by atoms with E-state index < -0.39 is 5.97 Å². The van der Waals surface area contributed by atoms with E-state index in [1.807, 2.05) is 6.07 Å². The van der Waals surface area contributed by atoms with Gasteiger partial charge in [-0.1, -0.05) is 12.1 Å². The fraction of sp³-hybridized carbons (Fsp3) is 0.111. The van der Waals surface area contributed by atoms with Crippen LogP contribution in [0.1, 0.15) is 15.9 Å². The molecule has 0 fully saturated rings. The van der Waals surface area contributed by atoms with E-state index in [0.717, 1.165) is 5.56 Å². The molecule has 0 amide bonds. The Kier molecular flexibility index (Phi) is 2.26. The summed E-state index contributed by atoms with van der Waals surface area (Å²) in [5.41, 5.74) is 1.27. The lowest BCUT2D eigenvalue weighted by atomic mass is 10.1. The van der Waals surface area contributed by atoms with Gasteiger partial charge in [-0.3, -0.25) is 0 Å². The van der Waals surface area contributed by atoms with E-state index in [9.17, 15) is 4.79 Å². The summed E-state index contributed by atoms with van der Waals surface area (Å²) in [4.78, 5) is 10.4. The zero-order chi connectivity index (χ0) is 8.27. The van der Waals surface area contributed by atoms with Crippen LogP contribution in [0.15, 0.2) is 24.3 Å². The van der Waals surface area contributed by atoms with Crippen molar-refractivity contribution in [2.24, 2.45) is 0 Å². The van der Waals surface area contributed by atoms with Gasteiger partial charge in [0, 0.05) is 0 Å². The molecule has 0 aliphatic rings. The molecular formula is C9H9O2. The minimum absolute atomic E-state index is 0.325. The average molecular weight is 149 g/mol. The van der Waals surface area contributed by atoms with E-state index in [1.54, 1.807) is 18.2 Å². The van der Waals surface area contributed by atoms with Crippen LogP contribution in [0.5, 0.6) is 0 Å². The maximum Gasteiger partial charge on any atom is 0.335 e. The van der Waals surface area contributed by atoms with Gasteiger partial charge in [0.15, 0.2) is 0 Å². The molecule has 2 nitrogen and oxygen atoms in total. The van der Waals surface area contributed by atoms with Crippen molar-refractivity contribution in [2.75, 3.05) is 0 Å². The van der Waals surface area contributed by atoms with E-state index >= 15 is 0 Å².